The number of primary amides is 1. The molecule has 0 aliphatic heterocycles. The Morgan fingerprint density at radius 1 is 1.09 bits per heavy atom. The fourth-order valence-electron chi connectivity index (χ4n) is 5.13. The summed E-state index contributed by atoms with van der Waals surface area (Å²) < 4.78 is 0. The van der Waals surface area contributed by atoms with Gasteiger partial charge in [-0.05, 0) is 30.4 Å². The maximum absolute atomic E-state index is 13.4. The molecule has 0 bridgehead atoms. The molecule has 0 spiro atoms. The van der Waals surface area contributed by atoms with Gasteiger partial charge in [0.2, 0.25) is 11.7 Å². The maximum Gasteiger partial charge on any atom is 0.303 e. The van der Waals surface area contributed by atoms with Crippen molar-refractivity contribution in [3.05, 3.63) is 40.2 Å². The van der Waals surface area contributed by atoms with Crippen LogP contribution in [0.25, 0.3) is 5.76 Å². The number of carboxylic acids is 1. The summed E-state index contributed by atoms with van der Waals surface area (Å²) in [7, 11) is 0. The first-order valence-corrected chi connectivity index (χ1v) is 10.7. The van der Waals surface area contributed by atoms with Gasteiger partial charge >= 0.3 is 5.97 Å². The Kier molecular flexibility index (Phi) is 5.64. The fraction of sp³-hybridized carbons (Fsp3) is 0.348. The van der Waals surface area contributed by atoms with Gasteiger partial charge in [0.1, 0.15) is 22.8 Å². The molecule has 3 aliphatic carbocycles. The van der Waals surface area contributed by atoms with Crippen LogP contribution in [-0.4, -0.2) is 60.5 Å². The SMILES string of the molecule is NC(=O)C1=C(O)C2(O)C(=O)C3=C(O)c4c(ccc(NC(=O)CCC(=O)O)c4O)CC3CC2CC1=O. The molecular weight excluding hydrogens is 464 g/mol. The van der Waals surface area contributed by atoms with Crippen LogP contribution in [0.2, 0.25) is 0 Å². The van der Waals surface area contributed by atoms with Gasteiger partial charge in [-0.3, -0.25) is 24.0 Å². The number of aromatic hydroxyl groups is 1. The van der Waals surface area contributed by atoms with Crippen LogP contribution < -0.4 is 11.1 Å². The number of hydrogen-bond donors (Lipinski definition) is 7. The van der Waals surface area contributed by atoms with Crippen molar-refractivity contribution in [2.75, 3.05) is 5.32 Å². The average Bonchev–Trinajstić information content (AvgIpc) is 2.76. The smallest absolute Gasteiger partial charge is 0.303 e. The minimum Gasteiger partial charge on any atom is -0.508 e. The number of benzene rings is 1. The number of aliphatic hydroxyl groups excluding tert-OH is 2. The van der Waals surface area contributed by atoms with Gasteiger partial charge in [-0.2, -0.15) is 0 Å². The number of carbonyl (C=O) groups is 5. The number of aliphatic hydroxyl groups is 3. The summed E-state index contributed by atoms with van der Waals surface area (Å²) >= 11 is 0. The van der Waals surface area contributed by atoms with Crippen molar-refractivity contribution < 1.29 is 49.5 Å². The molecule has 3 aliphatic rings. The number of phenolic OH excluding ortho intramolecular Hbond substituents is 1. The Morgan fingerprint density at radius 2 is 1.77 bits per heavy atom. The molecule has 1 aromatic rings. The van der Waals surface area contributed by atoms with Gasteiger partial charge in [0.15, 0.2) is 11.4 Å². The molecule has 184 valence electrons. The van der Waals surface area contributed by atoms with E-state index in [4.69, 9.17) is 10.8 Å². The largest absolute Gasteiger partial charge is 0.508 e. The number of fused-ring (bicyclic) bond motifs is 3. The summed E-state index contributed by atoms with van der Waals surface area (Å²) in [6, 6.07) is 2.87. The number of Topliss-reactive ketones (excluding diaryl/α,β-unsaturated/α-hetero) is 2. The van der Waals surface area contributed by atoms with Crippen molar-refractivity contribution in [3.63, 3.8) is 0 Å². The highest BCUT2D eigenvalue weighted by atomic mass is 16.4. The lowest BCUT2D eigenvalue weighted by molar-refractivity contribution is -0.147. The van der Waals surface area contributed by atoms with Crippen molar-refractivity contribution in [2.24, 2.45) is 17.6 Å². The summed E-state index contributed by atoms with van der Waals surface area (Å²) in [5, 5.41) is 54.5. The minimum absolute atomic E-state index is 0.0113. The highest BCUT2D eigenvalue weighted by Gasteiger charge is 2.60. The zero-order valence-electron chi connectivity index (χ0n) is 18.2. The van der Waals surface area contributed by atoms with Crippen LogP contribution in [0.5, 0.6) is 5.75 Å². The Morgan fingerprint density at radius 3 is 2.40 bits per heavy atom. The van der Waals surface area contributed by atoms with E-state index in [1.807, 2.05) is 0 Å². The summed E-state index contributed by atoms with van der Waals surface area (Å²) in [6.45, 7) is 0. The highest BCUT2D eigenvalue weighted by molar-refractivity contribution is 6.22. The molecule has 4 rings (SSSR count). The zero-order chi connectivity index (χ0) is 25.8. The first-order valence-electron chi connectivity index (χ1n) is 10.7. The monoisotopic (exact) mass is 486 g/mol. The molecular formula is C23H22N2O10. The van der Waals surface area contributed by atoms with E-state index in [1.54, 1.807) is 0 Å². The van der Waals surface area contributed by atoms with E-state index >= 15 is 0 Å². The first kappa shape index (κ1) is 24.0. The highest BCUT2D eigenvalue weighted by Crippen LogP contribution is 2.52. The van der Waals surface area contributed by atoms with Crippen LogP contribution in [0.1, 0.15) is 36.8 Å². The molecule has 0 heterocycles. The zero-order valence-corrected chi connectivity index (χ0v) is 18.2. The minimum atomic E-state index is -2.66. The van der Waals surface area contributed by atoms with E-state index < -0.39 is 82.5 Å². The molecule has 1 aromatic carbocycles. The lowest BCUT2D eigenvalue weighted by Crippen LogP contribution is -2.58. The molecule has 0 aromatic heterocycles. The number of aliphatic carboxylic acids is 1. The number of amides is 2. The number of anilines is 1. The lowest BCUT2D eigenvalue weighted by Gasteiger charge is -2.46. The predicted octanol–water partition coefficient (Wildman–Crippen LogP) is 0.227. The Hall–Kier alpha value is -4.19. The molecule has 12 heteroatoms. The van der Waals surface area contributed by atoms with Crippen LogP contribution in [-0.2, 0) is 30.4 Å². The van der Waals surface area contributed by atoms with Gasteiger partial charge in [0.25, 0.3) is 5.91 Å². The van der Waals surface area contributed by atoms with Crippen molar-refractivity contribution in [1.82, 2.24) is 0 Å². The fourth-order valence-corrected chi connectivity index (χ4v) is 5.13. The van der Waals surface area contributed by atoms with Gasteiger partial charge in [0, 0.05) is 24.3 Å². The van der Waals surface area contributed by atoms with E-state index in [9.17, 15) is 44.4 Å². The van der Waals surface area contributed by atoms with E-state index in [-0.39, 0.29) is 36.1 Å². The van der Waals surface area contributed by atoms with Crippen LogP contribution >= 0.6 is 0 Å². The molecule has 12 nitrogen and oxygen atoms in total. The third-order valence-electron chi connectivity index (χ3n) is 6.78. The van der Waals surface area contributed by atoms with Crippen LogP contribution in [0, 0.1) is 11.8 Å². The van der Waals surface area contributed by atoms with Gasteiger partial charge in [-0.25, -0.2) is 0 Å². The summed E-state index contributed by atoms with van der Waals surface area (Å²) in [6.07, 6.45) is -1.06. The number of rotatable bonds is 5. The van der Waals surface area contributed by atoms with Crippen LogP contribution in [0.15, 0.2) is 29.0 Å². The van der Waals surface area contributed by atoms with E-state index in [2.05, 4.69) is 5.32 Å². The number of nitrogens with two attached hydrogens (primary N) is 1. The Bertz CT molecular complexity index is 1280. The topological polar surface area (TPSA) is 225 Å². The van der Waals surface area contributed by atoms with Gasteiger partial charge in [-0.15, -0.1) is 0 Å². The molecule has 2 amide bonds. The Balaban J connectivity index is 1.77. The number of carboxylic acid groups (broad SMARTS) is 1. The predicted molar refractivity (Wildman–Crippen MR) is 117 cm³/mol. The van der Waals surface area contributed by atoms with Crippen molar-refractivity contribution in [1.29, 1.82) is 0 Å². The number of ketones is 2. The number of carbonyl (C=O) groups excluding carboxylic acids is 4. The van der Waals surface area contributed by atoms with Crippen LogP contribution in [0.3, 0.4) is 0 Å². The molecule has 8 N–H and O–H groups in total. The molecule has 1 fully saturated rings. The Labute approximate surface area is 197 Å². The average molecular weight is 486 g/mol. The summed E-state index contributed by atoms with van der Waals surface area (Å²) in [5.74, 6) is -9.25. The van der Waals surface area contributed by atoms with E-state index in [1.165, 1.54) is 12.1 Å². The van der Waals surface area contributed by atoms with E-state index in [0.717, 1.165) is 0 Å². The molecule has 3 atom stereocenters. The quantitative estimate of drug-likeness (QED) is 0.221. The number of phenols is 1. The third kappa shape index (κ3) is 3.62. The van der Waals surface area contributed by atoms with Crippen molar-refractivity contribution in [3.8, 4) is 5.75 Å². The van der Waals surface area contributed by atoms with Crippen molar-refractivity contribution >= 4 is 40.8 Å². The first-order chi connectivity index (χ1) is 16.4. The third-order valence-corrected chi connectivity index (χ3v) is 6.78. The second-order valence-corrected chi connectivity index (χ2v) is 8.84. The van der Waals surface area contributed by atoms with Gasteiger partial charge in [-0.1, -0.05) is 6.07 Å². The molecule has 3 unspecified atom stereocenters. The lowest BCUT2D eigenvalue weighted by atomic mass is 9.59. The second kappa shape index (κ2) is 8.24. The molecule has 0 radical (unpaired) electrons. The van der Waals surface area contributed by atoms with Gasteiger partial charge in [0.05, 0.1) is 17.7 Å². The standard InChI is InChI=1S/C23H22N2O10/c24-22(34)17-12(26)7-10-6-9-5-8-1-2-11(25-13(27)3-4-14(28)29)18(30)15(8)19(31)16(9)20(32)23(10,35)21(17)33/h1-2,9-10,30-31,33,35H,3-7H2,(H2,24,34)(H,25,27)(H,28,29). The summed E-state index contributed by atoms with van der Waals surface area (Å²) in [5.41, 5.74) is 1.44. The molecule has 0 saturated heterocycles. The maximum atomic E-state index is 13.4. The second-order valence-electron chi connectivity index (χ2n) is 8.84. The van der Waals surface area contributed by atoms with Crippen molar-refractivity contribution in [2.45, 2.75) is 37.7 Å². The number of hydrogen-bond acceptors (Lipinski definition) is 9. The van der Waals surface area contributed by atoms with E-state index in [0.29, 0.717) is 5.56 Å². The van der Waals surface area contributed by atoms with Gasteiger partial charge < -0.3 is 36.6 Å². The van der Waals surface area contributed by atoms with Crippen LogP contribution in [0.4, 0.5) is 5.69 Å². The number of nitrogens with one attached hydrogen (secondary N) is 1. The molecule has 35 heavy (non-hydrogen) atoms. The normalized spacial score (nSPS) is 25.5. The molecule has 1 saturated carbocycles. The summed E-state index contributed by atoms with van der Waals surface area (Å²) in [4.78, 5) is 60.1.